The number of carbonyl (C=O) groups excluding carboxylic acids is 2. The van der Waals surface area contributed by atoms with Gasteiger partial charge in [-0.15, -0.1) is 0 Å². The average molecular weight is 498 g/mol. The number of anilines is 1. The molecule has 1 atom stereocenters. The number of halogens is 2. The Hall–Kier alpha value is -2.80. The van der Waals surface area contributed by atoms with Crippen molar-refractivity contribution in [1.29, 1.82) is 0 Å². The predicted molar refractivity (Wildman–Crippen MR) is 136 cm³/mol. The van der Waals surface area contributed by atoms with Gasteiger partial charge in [0.05, 0.1) is 12.2 Å². The van der Waals surface area contributed by atoms with Gasteiger partial charge in [-0.1, -0.05) is 71.4 Å². The highest BCUT2D eigenvalue weighted by Crippen LogP contribution is 2.31. The summed E-state index contributed by atoms with van der Waals surface area (Å²) in [5, 5.41) is 3.94. The predicted octanol–water partition coefficient (Wildman–Crippen LogP) is 6.46. The average Bonchev–Trinajstić information content (AvgIpc) is 2.80. The summed E-state index contributed by atoms with van der Waals surface area (Å²) < 4.78 is 0. The topological polar surface area (TPSA) is 61.8 Å². The van der Waals surface area contributed by atoms with Gasteiger partial charge in [-0.25, -0.2) is 4.99 Å². The van der Waals surface area contributed by atoms with E-state index >= 15 is 0 Å². The van der Waals surface area contributed by atoms with E-state index < -0.39 is 5.25 Å². The van der Waals surface area contributed by atoms with Crippen LogP contribution < -0.4 is 5.32 Å². The van der Waals surface area contributed by atoms with Crippen molar-refractivity contribution < 1.29 is 9.59 Å². The van der Waals surface area contributed by atoms with Crippen molar-refractivity contribution in [3.63, 3.8) is 0 Å². The van der Waals surface area contributed by atoms with E-state index in [9.17, 15) is 9.59 Å². The molecule has 1 fully saturated rings. The number of hydrogen-bond donors (Lipinski definition) is 1. The number of aryl methyl sites for hydroxylation is 1. The number of rotatable bonds is 5. The van der Waals surface area contributed by atoms with Crippen molar-refractivity contribution >= 4 is 63.3 Å². The maximum absolute atomic E-state index is 13.1. The zero-order valence-corrected chi connectivity index (χ0v) is 20.1. The van der Waals surface area contributed by atoms with E-state index in [1.54, 1.807) is 29.2 Å². The summed E-state index contributed by atoms with van der Waals surface area (Å²) in [6.45, 7) is 2.24. The summed E-state index contributed by atoms with van der Waals surface area (Å²) in [5.41, 5.74) is 3.15. The molecular formula is C25H21Cl2N3O2S. The van der Waals surface area contributed by atoms with Gasteiger partial charge in [0.25, 0.3) is 0 Å². The molecule has 168 valence electrons. The van der Waals surface area contributed by atoms with Gasteiger partial charge in [-0.05, 0) is 54.4 Å². The molecule has 0 radical (unpaired) electrons. The second-order valence-corrected chi connectivity index (χ2v) is 9.61. The zero-order valence-electron chi connectivity index (χ0n) is 17.8. The van der Waals surface area contributed by atoms with Crippen LogP contribution in [0.5, 0.6) is 0 Å². The standard InChI is InChI=1S/C25H21Cl2N3O2S/c1-16-7-12-20(13-21(16)27)28-24(32)22-14-23(31)30(15-17-8-10-18(26)11-9-17)25(33-22)29-19-5-3-2-4-6-19/h2-13,22H,14-15H2,1H3,(H,28,32). The van der Waals surface area contributed by atoms with Crippen LogP contribution >= 0.6 is 35.0 Å². The maximum atomic E-state index is 13.1. The summed E-state index contributed by atoms with van der Waals surface area (Å²) in [5.74, 6) is -0.430. The molecule has 0 saturated carbocycles. The molecule has 1 aliphatic rings. The lowest BCUT2D eigenvalue weighted by atomic mass is 10.2. The Morgan fingerprint density at radius 2 is 1.82 bits per heavy atom. The van der Waals surface area contributed by atoms with Gasteiger partial charge in [0.15, 0.2) is 5.17 Å². The molecule has 4 rings (SSSR count). The van der Waals surface area contributed by atoms with Gasteiger partial charge in [-0.3, -0.25) is 14.5 Å². The van der Waals surface area contributed by atoms with Gasteiger partial charge < -0.3 is 5.32 Å². The molecule has 1 aliphatic heterocycles. The number of para-hydroxylation sites is 1. The Balaban J connectivity index is 1.58. The Bertz CT molecular complexity index is 1200. The van der Waals surface area contributed by atoms with E-state index in [-0.39, 0.29) is 18.2 Å². The number of benzene rings is 3. The SMILES string of the molecule is Cc1ccc(NC(=O)C2CC(=O)N(Cc3ccc(Cl)cc3)C(=Nc3ccccc3)S2)cc1Cl. The lowest BCUT2D eigenvalue weighted by molar-refractivity contribution is -0.129. The minimum Gasteiger partial charge on any atom is -0.325 e. The van der Waals surface area contributed by atoms with E-state index in [2.05, 4.69) is 10.3 Å². The number of nitrogens with one attached hydrogen (secondary N) is 1. The molecule has 2 amide bonds. The quantitative estimate of drug-likeness (QED) is 0.439. The molecular weight excluding hydrogens is 477 g/mol. The lowest BCUT2D eigenvalue weighted by Crippen LogP contribution is -2.44. The summed E-state index contributed by atoms with van der Waals surface area (Å²) in [4.78, 5) is 32.4. The molecule has 8 heteroatoms. The van der Waals surface area contributed by atoms with Crippen molar-refractivity contribution in [3.05, 3.63) is 94.0 Å². The highest BCUT2D eigenvalue weighted by molar-refractivity contribution is 8.15. The van der Waals surface area contributed by atoms with E-state index in [0.717, 1.165) is 11.1 Å². The number of aliphatic imine (C=N–C) groups is 1. The largest absolute Gasteiger partial charge is 0.325 e. The molecule has 3 aromatic carbocycles. The minimum absolute atomic E-state index is 0.0670. The van der Waals surface area contributed by atoms with Crippen LogP contribution in [0.25, 0.3) is 0 Å². The third-order valence-electron chi connectivity index (χ3n) is 5.11. The first-order chi connectivity index (χ1) is 15.9. The van der Waals surface area contributed by atoms with Gasteiger partial charge in [0.1, 0.15) is 5.25 Å². The number of carbonyl (C=O) groups is 2. The van der Waals surface area contributed by atoms with Crippen LogP contribution in [-0.2, 0) is 16.1 Å². The van der Waals surface area contributed by atoms with E-state index in [4.69, 9.17) is 23.2 Å². The molecule has 0 aromatic heterocycles. The third-order valence-corrected chi connectivity index (χ3v) is 6.95. The third kappa shape index (κ3) is 5.96. The van der Waals surface area contributed by atoms with Gasteiger partial charge in [-0.2, -0.15) is 0 Å². The molecule has 3 aromatic rings. The van der Waals surface area contributed by atoms with E-state index in [1.165, 1.54) is 11.8 Å². The summed E-state index contributed by atoms with van der Waals surface area (Å²) in [7, 11) is 0. The van der Waals surface area contributed by atoms with Crippen LogP contribution in [-0.4, -0.2) is 27.1 Å². The fourth-order valence-corrected chi connectivity index (χ4v) is 4.68. The molecule has 0 spiro atoms. The van der Waals surface area contributed by atoms with Gasteiger partial charge in [0, 0.05) is 22.2 Å². The molecule has 1 unspecified atom stereocenters. The normalized spacial score (nSPS) is 17.3. The molecule has 1 heterocycles. The second kappa shape index (κ2) is 10.4. The number of hydrogen-bond acceptors (Lipinski definition) is 4. The highest BCUT2D eigenvalue weighted by atomic mass is 35.5. The molecule has 5 nitrogen and oxygen atoms in total. The second-order valence-electron chi connectivity index (χ2n) is 7.60. The number of amides is 2. The summed E-state index contributed by atoms with van der Waals surface area (Å²) >= 11 is 13.5. The smallest absolute Gasteiger partial charge is 0.238 e. The summed E-state index contributed by atoms with van der Waals surface area (Å²) in [6, 6.07) is 22.0. The van der Waals surface area contributed by atoms with Crippen LogP contribution in [0.2, 0.25) is 10.0 Å². The van der Waals surface area contributed by atoms with Crippen LogP contribution in [0.15, 0.2) is 77.8 Å². The fraction of sp³-hybridized carbons (Fsp3) is 0.160. The van der Waals surface area contributed by atoms with E-state index in [0.29, 0.717) is 33.1 Å². The van der Waals surface area contributed by atoms with Gasteiger partial charge >= 0.3 is 0 Å². The first-order valence-corrected chi connectivity index (χ1v) is 11.9. The Morgan fingerprint density at radius 1 is 1.09 bits per heavy atom. The van der Waals surface area contributed by atoms with Crippen LogP contribution in [0, 0.1) is 6.92 Å². The van der Waals surface area contributed by atoms with Crippen molar-refractivity contribution in [2.24, 2.45) is 4.99 Å². The Labute approximate surface area is 206 Å². The first-order valence-electron chi connectivity index (χ1n) is 10.3. The molecule has 1 saturated heterocycles. The molecule has 1 N–H and O–H groups in total. The summed E-state index contributed by atoms with van der Waals surface area (Å²) in [6.07, 6.45) is 0.0670. The fourth-order valence-electron chi connectivity index (χ4n) is 3.28. The highest BCUT2D eigenvalue weighted by Gasteiger charge is 2.36. The van der Waals surface area contributed by atoms with E-state index in [1.807, 2.05) is 55.5 Å². The zero-order chi connectivity index (χ0) is 23.4. The monoisotopic (exact) mass is 497 g/mol. The van der Waals surface area contributed by atoms with Crippen LogP contribution in [0.4, 0.5) is 11.4 Å². The van der Waals surface area contributed by atoms with Crippen molar-refractivity contribution in [1.82, 2.24) is 4.90 Å². The van der Waals surface area contributed by atoms with Crippen LogP contribution in [0.3, 0.4) is 0 Å². The first kappa shape index (κ1) is 23.4. The number of thioether (sulfide) groups is 1. The number of nitrogens with zero attached hydrogens (tertiary/aromatic N) is 2. The molecule has 0 aliphatic carbocycles. The molecule has 33 heavy (non-hydrogen) atoms. The van der Waals surface area contributed by atoms with Crippen molar-refractivity contribution in [2.75, 3.05) is 5.32 Å². The minimum atomic E-state index is -0.610. The maximum Gasteiger partial charge on any atom is 0.238 e. The van der Waals surface area contributed by atoms with Crippen LogP contribution in [0.1, 0.15) is 17.5 Å². The molecule has 0 bridgehead atoms. The van der Waals surface area contributed by atoms with Gasteiger partial charge in [0.2, 0.25) is 11.8 Å². The van der Waals surface area contributed by atoms with Crippen molar-refractivity contribution in [2.45, 2.75) is 25.1 Å². The Morgan fingerprint density at radius 3 is 2.52 bits per heavy atom. The van der Waals surface area contributed by atoms with Crippen molar-refractivity contribution in [3.8, 4) is 0 Å². The number of amidine groups is 1. The Kier molecular flexibility index (Phi) is 7.38. The lowest BCUT2D eigenvalue weighted by Gasteiger charge is -2.32.